The smallest absolute Gasteiger partial charge is 0.248 e. The minimum absolute atomic E-state index is 0.166. The number of para-hydroxylation sites is 2. The van der Waals surface area contributed by atoms with Crippen LogP contribution in [0.25, 0.3) is 17.1 Å². The van der Waals surface area contributed by atoms with E-state index in [1.54, 1.807) is 6.20 Å². The summed E-state index contributed by atoms with van der Waals surface area (Å²) in [5.74, 6) is 0.227. The molecule has 0 fully saturated rings. The van der Waals surface area contributed by atoms with E-state index in [1.165, 1.54) is 6.08 Å². The Morgan fingerprint density at radius 2 is 2.05 bits per heavy atom. The summed E-state index contributed by atoms with van der Waals surface area (Å²) in [6.07, 6.45) is 3.48. The quantitative estimate of drug-likeness (QED) is 0.622. The highest BCUT2D eigenvalue weighted by atomic mass is 16.6. The molecular weight excluding hydrogens is 242 g/mol. The second-order valence-electron chi connectivity index (χ2n) is 4.77. The molecule has 5 nitrogen and oxygen atoms in total. The Bertz CT molecular complexity index is 635. The summed E-state index contributed by atoms with van der Waals surface area (Å²) in [5.41, 5.74) is 2.21. The summed E-state index contributed by atoms with van der Waals surface area (Å²) < 4.78 is 0. The van der Waals surface area contributed by atoms with Gasteiger partial charge in [0.15, 0.2) is 0 Å². The van der Waals surface area contributed by atoms with Crippen LogP contribution in [0.3, 0.4) is 0 Å². The number of allylic oxidation sites excluding steroid dienone is 1. The van der Waals surface area contributed by atoms with E-state index >= 15 is 0 Å². The van der Waals surface area contributed by atoms with Crippen molar-refractivity contribution in [3.63, 3.8) is 0 Å². The largest absolute Gasteiger partial charge is 0.259 e. The number of nitro groups is 1. The van der Waals surface area contributed by atoms with E-state index in [0.717, 1.165) is 11.0 Å². The Hall–Kier alpha value is -2.30. The zero-order valence-electron chi connectivity index (χ0n) is 10.9. The third kappa shape index (κ3) is 3.34. The highest BCUT2D eigenvalue weighted by Gasteiger charge is 2.13. The lowest BCUT2D eigenvalue weighted by Crippen LogP contribution is -2.03. The molecule has 0 N–H and O–H groups in total. The lowest BCUT2D eigenvalue weighted by atomic mass is 10.1. The highest BCUT2D eigenvalue weighted by molar-refractivity contribution is 5.74. The normalized spacial score (nSPS) is 12.1. The van der Waals surface area contributed by atoms with E-state index in [1.807, 2.05) is 38.1 Å². The lowest BCUT2D eigenvalue weighted by molar-refractivity contribution is -0.427. The number of benzene rings is 1. The standard InChI is InChI=1S/C14H15N3O2/c1-10(2)7-12(17(18)19)8-11-9-15-13-5-3-4-6-14(13)16-11/h3-6,8-10H,7H2,1-2H3. The van der Waals surface area contributed by atoms with Crippen LogP contribution in [-0.2, 0) is 0 Å². The van der Waals surface area contributed by atoms with Crippen LogP contribution in [0.5, 0.6) is 0 Å². The molecule has 2 rings (SSSR count). The van der Waals surface area contributed by atoms with Crippen molar-refractivity contribution < 1.29 is 4.92 Å². The van der Waals surface area contributed by atoms with Gasteiger partial charge >= 0.3 is 0 Å². The molecule has 19 heavy (non-hydrogen) atoms. The molecular formula is C14H15N3O2. The molecule has 0 saturated carbocycles. The van der Waals surface area contributed by atoms with Crippen LogP contribution in [-0.4, -0.2) is 14.9 Å². The zero-order valence-corrected chi connectivity index (χ0v) is 10.9. The van der Waals surface area contributed by atoms with E-state index in [0.29, 0.717) is 12.1 Å². The maximum atomic E-state index is 11.0. The summed E-state index contributed by atoms with van der Waals surface area (Å²) in [7, 11) is 0. The average molecular weight is 257 g/mol. The van der Waals surface area contributed by atoms with Gasteiger partial charge < -0.3 is 0 Å². The van der Waals surface area contributed by atoms with E-state index < -0.39 is 0 Å². The van der Waals surface area contributed by atoms with Gasteiger partial charge in [-0.05, 0) is 18.1 Å². The van der Waals surface area contributed by atoms with Crippen LogP contribution < -0.4 is 0 Å². The van der Waals surface area contributed by atoms with Gasteiger partial charge in [0.2, 0.25) is 5.70 Å². The Labute approximate surface area is 111 Å². The molecule has 0 radical (unpaired) electrons. The number of fused-ring (bicyclic) bond motifs is 1. The van der Waals surface area contributed by atoms with Gasteiger partial charge in [-0.3, -0.25) is 15.1 Å². The first kappa shape index (κ1) is 13.1. The summed E-state index contributed by atoms with van der Waals surface area (Å²) in [6, 6.07) is 7.45. The van der Waals surface area contributed by atoms with E-state index in [2.05, 4.69) is 9.97 Å². The first-order chi connectivity index (χ1) is 9.06. The van der Waals surface area contributed by atoms with Gasteiger partial charge in [-0.2, -0.15) is 0 Å². The van der Waals surface area contributed by atoms with Crippen molar-refractivity contribution in [2.75, 3.05) is 0 Å². The summed E-state index contributed by atoms with van der Waals surface area (Å²) in [6.45, 7) is 3.90. The SMILES string of the molecule is CC(C)CC(=Cc1cnc2ccccc2n1)[N+](=O)[O-]. The molecule has 98 valence electrons. The predicted octanol–water partition coefficient (Wildman–Crippen LogP) is 3.29. The van der Waals surface area contributed by atoms with Crippen LogP contribution in [0.1, 0.15) is 26.0 Å². The predicted molar refractivity (Wildman–Crippen MR) is 74.0 cm³/mol. The number of nitrogens with zero attached hydrogens (tertiary/aromatic N) is 3. The third-order valence-corrected chi connectivity index (χ3v) is 2.63. The van der Waals surface area contributed by atoms with Crippen molar-refractivity contribution >= 4 is 17.1 Å². The fraction of sp³-hybridized carbons (Fsp3) is 0.286. The fourth-order valence-electron chi connectivity index (χ4n) is 1.82. The monoisotopic (exact) mass is 257 g/mol. The van der Waals surface area contributed by atoms with Crippen molar-refractivity contribution in [1.29, 1.82) is 0 Å². The maximum Gasteiger partial charge on any atom is 0.248 e. The Morgan fingerprint density at radius 3 is 2.68 bits per heavy atom. The Balaban J connectivity index is 2.39. The van der Waals surface area contributed by atoms with Crippen LogP contribution in [0.2, 0.25) is 0 Å². The molecule has 1 aromatic carbocycles. The molecule has 0 amide bonds. The molecule has 0 atom stereocenters. The molecule has 0 spiro atoms. The molecule has 1 heterocycles. The second-order valence-corrected chi connectivity index (χ2v) is 4.77. The molecule has 0 aliphatic rings. The average Bonchev–Trinajstić information content (AvgIpc) is 2.37. The van der Waals surface area contributed by atoms with E-state index in [4.69, 9.17) is 0 Å². The van der Waals surface area contributed by atoms with Crippen LogP contribution >= 0.6 is 0 Å². The first-order valence-corrected chi connectivity index (χ1v) is 6.13. The maximum absolute atomic E-state index is 11.0. The molecule has 0 aliphatic carbocycles. The van der Waals surface area contributed by atoms with Gasteiger partial charge in [-0.15, -0.1) is 0 Å². The van der Waals surface area contributed by atoms with Crippen LogP contribution in [0, 0.1) is 16.0 Å². The van der Waals surface area contributed by atoms with Crippen molar-refractivity contribution in [2.45, 2.75) is 20.3 Å². The minimum atomic E-state index is -0.350. The van der Waals surface area contributed by atoms with Gasteiger partial charge in [0.25, 0.3) is 0 Å². The molecule has 0 bridgehead atoms. The summed E-state index contributed by atoms with van der Waals surface area (Å²) in [5, 5.41) is 11.0. The van der Waals surface area contributed by atoms with Crippen molar-refractivity contribution in [1.82, 2.24) is 9.97 Å². The topological polar surface area (TPSA) is 68.9 Å². The number of aromatic nitrogens is 2. The van der Waals surface area contributed by atoms with Gasteiger partial charge in [0.1, 0.15) is 0 Å². The minimum Gasteiger partial charge on any atom is -0.259 e. The zero-order chi connectivity index (χ0) is 13.8. The van der Waals surface area contributed by atoms with Gasteiger partial charge in [0, 0.05) is 12.5 Å². The third-order valence-electron chi connectivity index (χ3n) is 2.63. The van der Waals surface area contributed by atoms with Crippen molar-refractivity contribution in [3.05, 3.63) is 52.0 Å². The number of hydrogen-bond donors (Lipinski definition) is 0. The molecule has 0 aliphatic heterocycles. The molecule has 5 heteroatoms. The highest BCUT2D eigenvalue weighted by Crippen LogP contribution is 2.16. The molecule has 0 saturated heterocycles. The van der Waals surface area contributed by atoms with Gasteiger partial charge in [-0.25, -0.2) is 4.98 Å². The fourth-order valence-corrected chi connectivity index (χ4v) is 1.82. The van der Waals surface area contributed by atoms with E-state index in [9.17, 15) is 10.1 Å². The van der Waals surface area contributed by atoms with Gasteiger partial charge in [-0.1, -0.05) is 26.0 Å². The van der Waals surface area contributed by atoms with E-state index in [-0.39, 0.29) is 16.5 Å². The van der Waals surface area contributed by atoms with Crippen molar-refractivity contribution in [3.8, 4) is 0 Å². The molecule has 2 aromatic rings. The lowest BCUT2D eigenvalue weighted by Gasteiger charge is -2.02. The van der Waals surface area contributed by atoms with Crippen molar-refractivity contribution in [2.24, 2.45) is 5.92 Å². The van der Waals surface area contributed by atoms with Crippen LogP contribution in [0.4, 0.5) is 0 Å². The van der Waals surface area contributed by atoms with Gasteiger partial charge in [0.05, 0.1) is 27.8 Å². The molecule has 0 unspecified atom stereocenters. The summed E-state index contributed by atoms with van der Waals surface area (Å²) >= 11 is 0. The number of hydrogen-bond acceptors (Lipinski definition) is 4. The Kier molecular flexibility index (Phi) is 3.85. The Morgan fingerprint density at radius 1 is 1.37 bits per heavy atom. The second kappa shape index (κ2) is 5.56. The summed E-state index contributed by atoms with van der Waals surface area (Å²) in [4.78, 5) is 19.2. The number of rotatable bonds is 4. The van der Waals surface area contributed by atoms with Crippen LogP contribution in [0.15, 0.2) is 36.2 Å². The first-order valence-electron chi connectivity index (χ1n) is 6.13. The molecule has 1 aromatic heterocycles.